The van der Waals surface area contributed by atoms with Gasteiger partial charge in [-0.3, -0.25) is 9.59 Å². The molecule has 9 heteroatoms. The number of carbonyl (C=O) groups is 2. The first-order valence-corrected chi connectivity index (χ1v) is 10.9. The van der Waals surface area contributed by atoms with Gasteiger partial charge in [-0.2, -0.15) is 4.91 Å². The van der Waals surface area contributed by atoms with Gasteiger partial charge in [-0.1, -0.05) is 66.7 Å². The second kappa shape index (κ2) is 9.92. The first-order chi connectivity index (χ1) is 16.8. The zero-order valence-electron chi connectivity index (χ0n) is 19.0. The van der Waals surface area contributed by atoms with Crippen LogP contribution in [0.15, 0.2) is 83.0 Å². The van der Waals surface area contributed by atoms with E-state index in [-0.39, 0.29) is 5.56 Å². The van der Waals surface area contributed by atoms with E-state index in [4.69, 9.17) is 0 Å². The molecule has 0 bridgehead atoms. The number of rotatable bonds is 6. The number of amides is 2. The lowest BCUT2D eigenvalue weighted by atomic mass is 9.94. The fourth-order valence-corrected chi connectivity index (χ4v) is 3.99. The number of nitrogens with zero attached hydrogens (tertiary/aromatic N) is 3. The third-order valence-corrected chi connectivity index (χ3v) is 5.96. The maximum atomic E-state index is 13.7. The highest BCUT2D eigenvalue weighted by atomic mass is 19.2. The van der Waals surface area contributed by atoms with Gasteiger partial charge in [0, 0.05) is 18.2 Å². The van der Waals surface area contributed by atoms with Gasteiger partial charge in [-0.15, -0.1) is 0 Å². The van der Waals surface area contributed by atoms with Crippen molar-refractivity contribution in [3.63, 3.8) is 0 Å². The lowest BCUT2D eigenvalue weighted by Crippen LogP contribution is -2.48. The Kier molecular flexibility index (Phi) is 6.77. The summed E-state index contributed by atoms with van der Waals surface area (Å²) in [5, 5.41) is 5.56. The van der Waals surface area contributed by atoms with Crippen molar-refractivity contribution >= 4 is 23.2 Å². The standard InChI is InChI=1S/C26H22F2N4O3/c1-15(22(31-35)17-12-13-19(27)20(28)14-17)25(33)30-24-26(34)32(2)21-11-7-6-10-18(21)23(29-24)16-8-4-3-5-9-16/h3-15,22,24H,1-2H3,(H,30,33)/t15?,22?,24-/m1/s1. The Morgan fingerprint density at radius 1 is 1.03 bits per heavy atom. The summed E-state index contributed by atoms with van der Waals surface area (Å²) in [7, 11) is 1.59. The second-order valence-electron chi connectivity index (χ2n) is 8.18. The Balaban J connectivity index is 1.68. The number of aliphatic imine (C=N–C) groups is 1. The van der Waals surface area contributed by atoms with E-state index in [1.807, 2.05) is 42.5 Å². The molecule has 2 unspecified atom stereocenters. The molecule has 7 nitrogen and oxygen atoms in total. The van der Waals surface area contributed by atoms with Gasteiger partial charge in [0.05, 0.1) is 17.3 Å². The zero-order valence-corrected chi connectivity index (χ0v) is 19.0. The molecule has 1 heterocycles. The van der Waals surface area contributed by atoms with E-state index >= 15 is 0 Å². The third kappa shape index (κ3) is 4.70. The number of nitroso groups, excluding NO2 is 1. The average Bonchev–Trinajstić information content (AvgIpc) is 2.97. The van der Waals surface area contributed by atoms with Crippen LogP contribution in [0.3, 0.4) is 0 Å². The number of benzene rings is 3. The lowest BCUT2D eigenvalue weighted by molar-refractivity contribution is -0.129. The topological polar surface area (TPSA) is 91.2 Å². The molecule has 1 aliphatic heterocycles. The highest BCUT2D eigenvalue weighted by Crippen LogP contribution is 2.29. The first-order valence-electron chi connectivity index (χ1n) is 10.9. The molecule has 3 aromatic carbocycles. The number of halogens is 2. The van der Waals surface area contributed by atoms with Gasteiger partial charge in [-0.05, 0) is 23.8 Å². The molecular weight excluding hydrogens is 454 g/mol. The Bertz CT molecular complexity index is 1310. The summed E-state index contributed by atoms with van der Waals surface area (Å²) >= 11 is 0. The molecule has 1 N–H and O–H groups in total. The van der Waals surface area contributed by atoms with Gasteiger partial charge in [0.25, 0.3) is 5.91 Å². The number of fused-ring (bicyclic) bond motifs is 1. The van der Waals surface area contributed by atoms with Crippen LogP contribution in [0.4, 0.5) is 14.5 Å². The molecule has 0 aromatic heterocycles. The molecule has 178 valence electrons. The number of hydrogen-bond acceptors (Lipinski definition) is 5. The number of benzodiazepines with no additional fused rings is 1. The van der Waals surface area contributed by atoms with Crippen LogP contribution in [0.1, 0.15) is 29.7 Å². The van der Waals surface area contributed by atoms with Crippen molar-refractivity contribution in [1.82, 2.24) is 5.32 Å². The van der Waals surface area contributed by atoms with Crippen molar-refractivity contribution in [2.24, 2.45) is 16.1 Å². The number of hydrogen-bond donors (Lipinski definition) is 1. The highest BCUT2D eigenvalue weighted by Gasteiger charge is 2.34. The van der Waals surface area contributed by atoms with Gasteiger partial charge in [0.15, 0.2) is 11.6 Å². The van der Waals surface area contributed by atoms with Crippen LogP contribution in [0.25, 0.3) is 0 Å². The van der Waals surface area contributed by atoms with Crippen LogP contribution in [0, 0.1) is 22.5 Å². The average molecular weight is 476 g/mol. The summed E-state index contributed by atoms with van der Waals surface area (Å²) in [5.74, 6) is -4.49. The van der Waals surface area contributed by atoms with E-state index < -0.39 is 41.6 Å². The Morgan fingerprint density at radius 2 is 1.71 bits per heavy atom. The number of likely N-dealkylation sites (N-methyl/N-ethyl adjacent to an activating group) is 1. The molecule has 35 heavy (non-hydrogen) atoms. The molecule has 2 amide bonds. The molecule has 1 aliphatic rings. The summed E-state index contributed by atoms with van der Waals surface area (Å²) in [4.78, 5) is 43.9. The van der Waals surface area contributed by atoms with E-state index in [0.717, 1.165) is 17.7 Å². The van der Waals surface area contributed by atoms with Crippen molar-refractivity contribution in [3.8, 4) is 0 Å². The van der Waals surface area contributed by atoms with Crippen LogP contribution >= 0.6 is 0 Å². The van der Waals surface area contributed by atoms with E-state index in [1.54, 1.807) is 19.2 Å². The van der Waals surface area contributed by atoms with Crippen LogP contribution < -0.4 is 10.2 Å². The number of para-hydroxylation sites is 1. The van der Waals surface area contributed by atoms with E-state index in [9.17, 15) is 23.3 Å². The molecule has 0 saturated heterocycles. The molecule has 0 radical (unpaired) electrons. The normalized spacial score (nSPS) is 17.0. The minimum atomic E-state index is -1.29. The molecule has 0 spiro atoms. The monoisotopic (exact) mass is 476 g/mol. The Morgan fingerprint density at radius 3 is 2.40 bits per heavy atom. The summed E-state index contributed by atoms with van der Waals surface area (Å²) in [6.45, 7) is 1.42. The van der Waals surface area contributed by atoms with Gasteiger partial charge in [0.1, 0.15) is 6.04 Å². The SMILES string of the molecule is CC(C(=O)N[C@H]1N=C(c2ccccc2)c2ccccc2N(C)C1=O)C(N=O)c1ccc(F)c(F)c1. The maximum absolute atomic E-state index is 13.7. The van der Waals surface area contributed by atoms with Crippen molar-refractivity contribution in [2.75, 3.05) is 11.9 Å². The summed E-state index contributed by atoms with van der Waals surface area (Å²) in [6.07, 6.45) is -1.28. The molecule has 0 aliphatic carbocycles. The van der Waals surface area contributed by atoms with E-state index in [2.05, 4.69) is 15.5 Å². The molecule has 0 fully saturated rings. The largest absolute Gasteiger partial charge is 0.326 e. The third-order valence-electron chi connectivity index (χ3n) is 5.96. The van der Waals surface area contributed by atoms with Gasteiger partial charge in [-0.25, -0.2) is 13.8 Å². The summed E-state index contributed by atoms with van der Waals surface area (Å²) in [6, 6.07) is 18.1. The molecular formula is C26H22F2N4O3. The minimum absolute atomic E-state index is 0.0479. The fourth-order valence-electron chi connectivity index (χ4n) is 3.99. The number of carbonyl (C=O) groups excluding carboxylic acids is 2. The second-order valence-corrected chi connectivity index (χ2v) is 8.18. The zero-order chi connectivity index (χ0) is 25.1. The predicted molar refractivity (Wildman–Crippen MR) is 128 cm³/mol. The molecule has 4 rings (SSSR count). The van der Waals surface area contributed by atoms with Crippen molar-refractivity contribution in [2.45, 2.75) is 19.1 Å². The van der Waals surface area contributed by atoms with Gasteiger partial charge in [0.2, 0.25) is 12.1 Å². The predicted octanol–water partition coefficient (Wildman–Crippen LogP) is 4.36. The van der Waals surface area contributed by atoms with E-state index in [1.165, 1.54) is 17.9 Å². The van der Waals surface area contributed by atoms with Crippen LogP contribution in [-0.4, -0.2) is 30.7 Å². The lowest BCUT2D eigenvalue weighted by Gasteiger charge is -2.23. The van der Waals surface area contributed by atoms with Gasteiger partial charge < -0.3 is 10.2 Å². The Labute approximate surface area is 200 Å². The van der Waals surface area contributed by atoms with Crippen LogP contribution in [0.2, 0.25) is 0 Å². The van der Waals surface area contributed by atoms with Crippen LogP contribution in [0.5, 0.6) is 0 Å². The van der Waals surface area contributed by atoms with Crippen molar-refractivity contribution in [1.29, 1.82) is 0 Å². The van der Waals surface area contributed by atoms with Crippen molar-refractivity contribution < 1.29 is 18.4 Å². The van der Waals surface area contributed by atoms with Crippen molar-refractivity contribution in [3.05, 3.63) is 106 Å². The van der Waals surface area contributed by atoms with Gasteiger partial charge >= 0.3 is 0 Å². The Hall–Kier alpha value is -4.27. The first kappa shape index (κ1) is 23.9. The quantitative estimate of drug-likeness (QED) is 0.536. The molecule has 3 atom stereocenters. The molecule has 3 aromatic rings. The highest BCUT2D eigenvalue weighted by molar-refractivity contribution is 6.20. The fraction of sp³-hybridized carbons (Fsp3) is 0.192. The van der Waals surface area contributed by atoms with Crippen LogP contribution in [-0.2, 0) is 9.59 Å². The maximum Gasteiger partial charge on any atom is 0.272 e. The number of anilines is 1. The minimum Gasteiger partial charge on any atom is -0.326 e. The summed E-state index contributed by atoms with van der Waals surface area (Å²) in [5.41, 5.74) is 2.66. The molecule has 0 saturated carbocycles. The summed E-state index contributed by atoms with van der Waals surface area (Å²) < 4.78 is 27.0. The number of nitrogens with one attached hydrogen (secondary N) is 1. The van der Waals surface area contributed by atoms with E-state index in [0.29, 0.717) is 17.0 Å². The smallest absolute Gasteiger partial charge is 0.272 e.